The highest BCUT2D eigenvalue weighted by atomic mass is 35.5. The third-order valence-electron chi connectivity index (χ3n) is 5.62. The predicted molar refractivity (Wildman–Crippen MR) is 126 cm³/mol. The van der Waals surface area contributed by atoms with Gasteiger partial charge >= 0.3 is 5.97 Å². The van der Waals surface area contributed by atoms with Crippen LogP contribution in [0.5, 0.6) is 17.2 Å². The van der Waals surface area contributed by atoms with Crippen molar-refractivity contribution < 1.29 is 28.5 Å². The van der Waals surface area contributed by atoms with Crippen molar-refractivity contribution in [2.24, 2.45) is 0 Å². The van der Waals surface area contributed by atoms with Crippen LogP contribution in [0.3, 0.4) is 0 Å². The molecule has 178 valence electrons. The van der Waals surface area contributed by atoms with E-state index in [1.165, 1.54) is 0 Å². The molecule has 2 aromatic rings. The molecule has 0 bridgehead atoms. The number of ether oxygens (including phenoxy) is 4. The quantitative estimate of drug-likeness (QED) is 0.374. The van der Waals surface area contributed by atoms with E-state index in [9.17, 15) is 9.59 Å². The maximum Gasteiger partial charge on any atom is 0.338 e. The molecule has 33 heavy (non-hydrogen) atoms. The lowest BCUT2D eigenvalue weighted by molar-refractivity contribution is -0.134. The first-order chi connectivity index (χ1) is 16.0. The van der Waals surface area contributed by atoms with Gasteiger partial charge < -0.3 is 23.8 Å². The minimum absolute atomic E-state index is 0.0438. The van der Waals surface area contributed by atoms with E-state index in [4.69, 9.17) is 30.5 Å². The van der Waals surface area contributed by atoms with Gasteiger partial charge in [0.25, 0.3) is 0 Å². The van der Waals surface area contributed by atoms with E-state index >= 15 is 0 Å². The number of fused-ring (bicyclic) bond motifs is 1. The van der Waals surface area contributed by atoms with Gasteiger partial charge in [-0.3, -0.25) is 4.79 Å². The van der Waals surface area contributed by atoms with Crippen molar-refractivity contribution in [1.82, 2.24) is 4.90 Å². The van der Waals surface area contributed by atoms with Gasteiger partial charge in [0.1, 0.15) is 12.4 Å². The Morgan fingerprint density at radius 3 is 2.42 bits per heavy atom. The Bertz CT molecular complexity index is 962. The second kappa shape index (κ2) is 11.8. The zero-order valence-electron chi connectivity index (χ0n) is 19.3. The molecular weight excluding hydrogens is 446 g/mol. The van der Waals surface area contributed by atoms with Crippen molar-refractivity contribution in [2.45, 2.75) is 32.2 Å². The summed E-state index contributed by atoms with van der Waals surface area (Å²) in [5.41, 5.74) is 2.53. The lowest BCUT2D eigenvalue weighted by Crippen LogP contribution is -2.42. The Kier molecular flexibility index (Phi) is 8.83. The first kappa shape index (κ1) is 24.7. The number of amides is 1. The third kappa shape index (κ3) is 5.90. The number of benzene rings is 2. The van der Waals surface area contributed by atoms with Crippen LogP contribution >= 0.6 is 11.6 Å². The van der Waals surface area contributed by atoms with Crippen LogP contribution < -0.4 is 14.2 Å². The van der Waals surface area contributed by atoms with Crippen LogP contribution in [0, 0.1) is 0 Å². The summed E-state index contributed by atoms with van der Waals surface area (Å²) in [6.45, 7) is 2.93. The maximum absolute atomic E-state index is 13.0. The predicted octanol–water partition coefficient (Wildman–Crippen LogP) is 4.40. The van der Waals surface area contributed by atoms with E-state index in [1.807, 2.05) is 17.0 Å². The molecule has 0 saturated carbocycles. The molecule has 7 nitrogen and oxygen atoms in total. The number of halogens is 1. The second-order valence-corrected chi connectivity index (χ2v) is 7.99. The van der Waals surface area contributed by atoms with E-state index in [0.29, 0.717) is 61.1 Å². The van der Waals surface area contributed by atoms with E-state index in [1.54, 1.807) is 45.4 Å². The molecule has 1 heterocycles. The largest absolute Gasteiger partial charge is 0.493 e. The summed E-state index contributed by atoms with van der Waals surface area (Å²) in [7, 11) is 3.20. The highest BCUT2D eigenvalue weighted by Crippen LogP contribution is 2.38. The molecule has 8 heteroatoms. The van der Waals surface area contributed by atoms with Crippen LogP contribution in [0.1, 0.15) is 47.3 Å². The summed E-state index contributed by atoms with van der Waals surface area (Å²) in [5.74, 6) is 1.98. The van der Waals surface area contributed by atoms with Gasteiger partial charge in [0.05, 0.1) is 32.4 Å². The zero-order valence-corrected chi connectivity index (χ0v) is 20.0. The lowest BCUT2D eigenvalue weighted by atomic mass is 9.91. The van der Waals surface area contributed by atoms with Crippen LogP contribution in [0.15, 0.2) is 36.4 Å². The average Bonchev–Trinajstić information content (AvgIpc) is 2.85. The van der Waals surface area contributed by atoms with Gasteiger partial charge in [-0.05, 0) is 67.3 Å². The van der Waals surface area contributed by atoms with Gasteiger partial charge in [-0.25, -0.2) is 4.79 Å². The number of rotatable bonds is 10. The van der Waals surface area contributed by atoms with Crippen molar-refractivity contribution in [3.8, 4) is 17.2 Å². The van der Waals surface area contributed by atoms with E-state index in [-0.39, 0.29) is 24.5 Å². The molecule has 1 unspecified atom stereocenters. The van der Waals surface area contributed by atoms with E-state index in [2.05, 4.69) is 0 Å². The molecule has 0 N–H and O–H groups in total. The minimum Gasteiger partial charge on any atom is -0.493 e. The highest BCUT2D eigenvalue weighted by molar-refractivity contribution is 6.17. The van der Waals surface area contributed by atoms with Crippen LogP contribution in [0.25, 0.3) is 0 Å². The molecule has 0 fully saturated rings. The lowest BCUT2D eigenvalue weighted by Gasteiger charge is -2.37. The van der Waals surface area contributed by atoms with Crippen molar-refractivity contribution in [3.05, 3.63) is 53.1 Å². The molecule has 1 atom stereocenters. The normalized spacial score (nSPS) is 14.9. The van der Waals surface area contributed by atoms with Gasteiger partial charge in [-0.15, -0.1) is 11.6 Å². The number of esters is 1. The Hall–Kier alpha value is -2.93. The minimum atomic E-state index is -0.373. The zero-order chi connectivity index (χ0) is 23.8. The Morgan fingerprint density at radius 1 is 1.09 bits per heavy atom. The van der Waals surface area contributed by atoms with Crippen molar-refractivity contribution >= 4 is 23.5 Å². The van der Waals surface area contributed by atoms with Gasteiger partial charge in [0, 0.05) is 18.8 Å². The molecule has 0 saturated heterocycles. The first-order valence-corrected chi connectivity index (χ1v) is 11.6. The number of carbonyl (C=O) groups is 2. The fraction of sp³-hybridized carbons (Fsp3) is 0.440. The SMILES string of the molecule is CCOC(=O)c1ccc(OCC2c3cc(OC)c(OC)cc3CCN2C(=O)CCCCl)cc1. The monoisotopic (exact) mass is 475 g/mol. The smallest absolute Gasteiger partial charge is 0.338 e. The molecule has 1 aliphatic rings. The number of methoxy groups -OCH3 is 2. The number of alkyl halides is 1. The van der Waals surface area contributed by atoms with Crippen LogP contribution in [-0.2, 0) is 16.0 Å². The topological polar surface area (TPSA) is 74.3 Å². The molecular formula is C25H30ClNO6. The van der Waals surface area contributed by atoms with Crippen LogP contribution in [0.4, 0.5) is 0 Å². The first-order valence-electron chi connectivity index (χ1n) is 11.0. The molecule has 1 amide bonds. The molecule has 0 aromatic heterocycles. The molecule has 0 spiro atoms. The summed E-state index contributed by atoms with van der Waals surface area (Å²) in [4.78, 5) is 26.7. The van der Waals surface area contributed by atoms with Gasteiger partial charge in [0.2, 0.25) is 5.91 Å². The number of nitrogens with zero attached hydrogens (tertiary/aromatic N) is 1. The molecule has 0 radical (unpaired) electrons. The van der Waals surface area contributed by atoms with Crippen molar-refractivity contribution in [3.63, 3.8) is 0 Å². The average molecular weight is 476 g/mol. The van der Waals surface area contributed by atoms with E-state index in [0.717, 1.165) is 11.1 Å². The Labute approximate surface area is 199 Å². The van der Waals surface area contributed by atoms with Gasteiger partial charge in [0.15, 0.2) is 11.5 Å². The number of carbonyl (C=O) groups excluding carboxylic acids is 2. The molecule has 2 aromatic carbocycles. The maximum atomic E-state index is 13.0. The molecule has 1 aliphatic heterocycles. The fourth-order valence-corrected chi connectivity index (χ4v) is 4.08. The molecule has 3 rings (SSSR count). The summed E-state index contributed by atoms with van der Waals surface area (Å²) in [6, 6.07) is 10.4. The Balaban J connectivity index is 1.85. The number of hydrogen-bond donors (Lipinski definition) is 0. The third-order valence-corrected chi connectivity index (χ3v) is 5.89. The fourth-order valence-electron chi connectivity index (χ4n) is 3.94. The number of hydrogen-bond acceptors (Lipinski definition) is 6. The van der Waals surface area contributed by atoms with Crippen LogP contribution in [0.2, 0.25) is 0 Å². The Morgan fingerprint density at radius 2 is 1.79 bits per heavy atom. The van der Waals surface area contributed by atoms with Crippen molar-refractivity contribution in [1.29, 1.82) is 0 Å². The summed E-state index contributed by atoms with van der Waals surface area (Å²) in [5, 5.41) is 0. The summed E-state index contributed by atoms with van der Waals surface area (Å²) >= 11 is 5.81. The summed E-state index contributed by atoms with van der Waals surface area (Å²) in [6.07, 6.45) is 1.72. The summed E-state index contributed by atoms with van der Waals surface area (Å²) < 4.78 is 22.0. The molecule has 0 aliphatic carbocycles. The standard InChI is InChI=1S/C25H30ClNO6/c1-4-32-25(29)17-7-9-19(10-8-17)33-16-21-20-15-23(31-3)22(30-2)14-18(20)11-13-27(21)24(28)6-5-12-26/h7-10,14-15,21H,4-6,11-13,16H2,1-3H3. The van der Waals surface area contributed by atoms with Gasteiger partial charge in [-0.2, -0.15) is 0 Å². The van der Waals surface area contributed by atoms with E-state index < -0.39 is 0 Å². The second-order valence-electron chi connectivity index (χ2n) is 7.61. The highest BCUT2D eigenvalue weighted by Gasteiger charge is 2.32. The van der Waals surface area contributed by atoms with Gasteiger partial charge in [-0.1, -0.05) is 0 Å². The van der Waals surface area contributed by atoms with Crippen LogP contribution in [-0.4, -0.2) is 56.6 Å². The van der Waals surface area contributed by atoms with Crippen molar-refractivity contribution in [2.75, 3.05) is 39.9 Å².